The van der Waals surface area contributed by atoms with Crippen molar-refractivity contribution in [3.8, 4) is 0 Å². The number of carbonyl (C=O) groups excluding carboxylic acids is 2. The molecule has 3 rings (SSSR count). The van der Waals surface area contributed by atoms with Gasteiger partial charge < -0.3 is 10.2 Å². The minimum absolute atomic E-state index is 0.0235. The van der Waals surface area contributed by atoms with E-state index in [1.165, 1.54) is 36.2 Å². The lowest BCUT2D eigenvalue weighted by Crippen LogP contribution is -2.51. The summed E-state index contributed by atoms with van der Waals surface area (Å²) < 4.78 is 41.7. The summed E-state index contributed by atoms with van der Waals surface area (Å²) in [5.74, 6) is -1.60. The molecule has 0 aliphatic rings. The summed E-state index contributed by atoms with van der Waals surface area (Å²) in [5, 5.41) is 3.16. The molecule has 7 nitrogen and oxygen atoms in total. The van der Waals surface area contributed by atoms with Crippen LogP contribution in [0.3, 0.4) is 0 Å². The highest BCUT2D eigenvalue weighted by Crippen LogP contribution is 2.26. The maximum Gasteiger partial charge on any atom is 0.264 e. The van der Waals surface area contributed by atoms with E-state index in [1.807, 2.05) is 0 Å². The van der Waals surface area contributed by atoms with Crippen molar-refractivity contribution in [2.75, 3.05) is 17.9 Å². The Morgan fingerprint density at radius 1 is 0.973 bits per heavy atom. The standard InChI is InChI=1S/C26H26Cl2FN3O4S/c1-3-24(26(34)30-2)31(16-18-9-14-22(27)23(28)15-18)25(33)17-32(20-12-10-19(29)11-13-20)37(35,36)21-7-5-4-6-8-21/h4-15,24H,3,16-17H2,1-2H3,(H,30,34). The molecule has 0 spiro atoms. The number of likely N-dealkylation sites (N-methyl/N-ethyl adjacent to an activating group) is 1. The van der Waals surface area contributed by atoms with Crippen LogP contribution in [-0.4, -0.2) is 44.8 Å². The Hall–Kier alpha value is -3.14. The van der Waals surface area contributed by atoms with Gasteiger partial charge in [0, 0.05) is 13.6 Å². The molecule has 3 aromatic rings. The average molecular weight is 566 g/mol. The number of amides is 2. The van der Waals surface area contributed by atoms with Crippen molar-refractivity contribution in [1.82, 2.24) is 10.2 Å². The fourth-order valence-electron chi connectivity index (χ4n) is 3.78. The van der Waals surface area contributed by atoms with E-state index in [0.29, 0.717) is 10.6 Å². The highest BCUT2D eigenvalue weighted by molar-refractivity contribution is 7.92. The van der Waals surface area contributed by atoms with Gasteiger partial charge in [0.15, 0.2) is 0 Å². The van der Waals surface area contributed by atoms with Crippen LogP contribution in [-0.2, 0) is 26.2 Å². The zero-order valence-electron chi connectivity index (χ0n) is 20.2. The lowest BCUT2D eigenvalue weighted by molar-refractivity contribution is -0.140. The molecule has 1 unspecified atom stereocenters. The number of anilines is 1. The maximum atomic E-state index is 13.8. The van der Waals surface area contributed by atoms with E-state index >= 15 is 0 Å². The third-order valence-corrected chi connectivity index (χ3v) is 8.22. The van der Waals surface area contributed by atoms with Crippen LogP contribution in [0.15, 0.2) is 77.7 Å². The fraction of sp³-hybridized carbons (Fsp3) is 0.231. The summed E-state index contributed by atoms with van der Waals surface area (Å²) in [6.07, 6.45) is 0.273. The maximum absolute atomic E-state index is 13.8. The van der Waals surface area contributed by atoms with Crippen molar-refractivity contribution in [2.24, 2.45) is 0 Å². The van der Waals surface area contributed by atoms with Gasteiger partial charge in [0.2, 0.25) is 11.8 Å². The minimum Gasteiger partial charge on any atom is -0.357 e. The largest absolute Gasteiger partial charge is 0.357 e. The molecule has 2 amide bonds. The topological polar surface area (TPSA) is 86.8 Å². The van der Waals surface area contributed by atoms with Crippen molar-refractivity contribution in [3.63, 3.8) is 0 Å². The van der Waals surface area contributed by atoms with Gasteiger partial charge in [-0.15, -0.1) is 0 Å². The highest BCUT2D eigenvalue weighted by Gasteiger charge is 2.33. The number of rotatable bonds is 10. The molecular weight excluding hydrogens is 540 g/mol. The molecule has 196 valence electrons. The van der Waals surface area contributed by atoms with E-state index in [1.54, 1.807) is 43.3 Å². The Bertz CT molecular complexity index is 1360. The van der Waals surface area contributed by atoms with Crippen LogP contribution in [0.1, 0.15) is 18.9 Å². The van der Waals surface area contributed by atoms with E-state index in [2.05, 4.69) is 5.32 Å². The molecule has 37 heavy (non-hydrogen) atoms. The number of hydrogen-bond acceptors (Lipinski definition) is 4. The fourth-order valence-corrected chi connectivity index (χ4v) is 5.53. The Morgan fingerprint density at radius 3 is 2.19 bits per heavy atom. The first-order valence-electron chi connectivity index (χ1n) is 11.4. The van der Waals surface area contributed by atoms with Gasteiger partial charge in [-0.05, 0) is 60.5 Å². The SMILES string of the molecule is CCC(C(=O)NC)N(Cc1ccc(Cl)c(Cl)c1)C(=O)CN(c1ccc(F)cc1)S(=O)(=O)c1ccccc1. The molecule has 0 saturated heterocycles. The molecule has 0 bridgehead atoms. The van der Waals surface area contributed by atoms with Crippen molar-refractivity contribution < 1.29 is 22.4 Å². The van der Waals surface area contributed by atoms with Gasteiger partial charge >= 0.3 is 0 Å². The Labute approximate surface area is 225 Å². The number of sulfonamides is 1. The molecule has 0 heterocycles. The van der Waals surface area contributed by atoms with Gasteiger partial charge in [-0.1, -0.05) is 54.4 Å². The molecule has 11 heteroatoms. The van der Waals surface area contributed by atoms with Crippen LogP contribution >= 0.6 is 23.2 Å². The summed E-state index contributed by atoms with van der Waals surface area (Å²) >= 11 is 12.2. The normalized spacial score (nSPS) is 12.0. The molecular formula is C26H26Cl2FN3O4S. The van der Waals surface area contributed by atoms with Gasteiger partial charge in [-0.25, -0.2) is 12.8 Å². The lowest BCUT2D eigenvalue weighted by Gasteiger charge is -2.33. The number of carbonyl (C=O) groups is 2. The lowest BCUT2D eigenvalue weighted by atomic mass is 10.1. The molecule has 0 fully saturated rings. The van der Waals surface area contributed by atoms with Crippen molar-refractivity contribution >= 4 is 50.7 Å². The quantitative estimate of drug-likeness (QED) is 0.379. The predicted octanol–water partition coefficient (Wildman–Crippen LogP) is 4.88. The van der Waals surface area contributed by atoms with Gasteiger partial charge in [0.1, 0.15) is 18.4 Å². The predicted molar refractivity (Wildman–Crippen MR) is 143 cm³/mol. The van der Waals surface area contributed by atoms with E-state index < -0.39 is 40.2 Å². The highest BCUT2D eigenvalue weighted by atomic mass is 35.5. The smallest absolute Gasteiger partial charge is 0.264 e. The number of hydrogen-bond donors (Lipinski definition) is 1. The zero-order valence-corrected chi connectivity index (χ0v) is 22.5. The Balaban J connectivity index is 2.05. The number of benzene rings is 3. The van der Waals surface area contributed by atoms with E-state index in [-0.39, 0.29) is 28.6 Å². The number of nitrogens with one attached hydrogen (secondary N) is 1. The van der Waals surface area contributed by atoms with Crippen molar-refractivity contribution in [2.45, 2.75) is 30.8 Å². The van der Waals surface area contributed by atoms with Crippen LogP contribution in [0.5, 0.6) is 0 Å². The second kappa shape index (κ2) is 12.4. The van der Waals surface area contributed by atoms with E-state index in [9.17, 15) is 22.4 Å². The third-order valence-electron chi connectivity index (χ3n) is 5.69. The molecule has 1 N–H and O–H groups in total. The third kappa shape index (κ3) is 6.80. The summed E-state index contributed by atoms with van der Waals surface area (Å²) in [5.41, 5.74) is 0.699. The summed E-state index contributed by atoms with van der Waals surface area (Å²) in [7, 11) is -2.76. The van der Waals surface area contributed by atoms with E-state index in [4.69, 9.17) is 23.2 Å². The van der Waals surface area contributed by atoms with Gasteiger partial charge in [0.25, 0.3) is 10.0 Å². The number of halogens is 3. The summed E-state index contributed by atoms with van der Waals surface area (Å²) in [6, 6.07) is 16.3. The molecule has 0 aliphatic carbocycles. The first-order chi connectivity index (χ1) is 17.6. The summed E-state index contributed by atoms with van der Waals surface area (Å²) in [6.45, 7) is 1.09. The molecule has 1 atom stereocenters. The second-order valence-electron chi connectivity index (χ2n) is 8.11. The number of nitrogens with zero attached hydrogens (tertiary/aromatic N) is 2. The first-order valence-corrected chi connectivity index (χ1v) is 13.6. The molecule has 0 aromatic heterocycles. The van der Waals surface area contributed by atoms with Crippen molar-refractivity contribution in [1.29, 1.82) is 0 Å². The van der Waals surface area contributed by atoms with Crippen LogP contribution < -0.4 is 9.62 Å². The second-order valence-corrected chi connectivity index (χ2v) is 10.8. The monoisotopic (exact) mass is 565 g/mol. The van der Waals surface area contributed by atoms with Crippen LogP contribution in [0.25, 0.3) is 0 Å². The van der Waals surface area contributed by atoms with Crippen LogP contribution in [0, 0.1) is 5.82 Å². The van der Waals surface area contributed by atoms with Crippen LogP contribution in [0.4, 0.5) is 10.1 Å². The van der Waals surface area contributed by atoms with E-state index in [0.717, 1.165) is 16.4 Å². The summed E-state index contributed by atoms with van der Waals surface area (Å²) in [4.78, 5) is 27.7. The van der Waals surface area contributed by atoms with Gasteiger partial charge in [-0.3, -0.25) is 13.9 Å². The molecule has 0 aliphatic heterocycles. The Morgan fingerprint density at radius 2 is 1.62 bits per heavy atom. The van der Waals surface area contributed by atoms with Crippen molar-refractivity contribution in [3.05, 3.63) is 94.2 Å². The first kappa shape index (κ1) is 28.4. The van der Waals surface area contributed by atoms with Gasteiger partial charge in [-0.2, -0.15) is 0 Å². The van der Waals surface area contributed by atoms with Crippen LogP contribution in [0.2, 0.25) is 10.0 Å². The Kier molecular flexibility index (Phi) is 9.53. The molecule has 0 radical (unpaired) electrons. The van der Waals surface area contributed by atoms with Gasteiger partial charge in [0.05, 0.1) is 20.6 Å². The minimum atomic E-state index is -4.21. The average Bonchev–Trinajstić information content (AvgIpc) is 2.89. The molecule has 3 aromatic carbocycles. The molecule has 0 saturated carbocycles. The zero-order chi connectivity index (χ0) is 27.2.